The van der Waals surface area contributed by atoms with Crippen LogP contribution in [-0.4, -0.2) is 35.7 Å². The average molecular weight is 321 g/mol. The van der Waals surface area contributed by atoms with Crippen molar-refractivity contribution < 1.29 is 16.8 Å². The predicted octanol–water partition coefficient (Wildman–Crippen LogP) is -0.205. The van der Waals surface area contributed by atoms with E-state index in [0.717, 1.165) is 0 Å². The minimum Gasteiger partial charge on any atom is -0.399 e. The maximum Gasteiger partial charge on any atom is 0.240 e. The highest BCUT2D eigenvalue weighted by Crippen LogP contribution is 2.15. The number of aryl methyl sites for hydroxylation is 1. The lowest BCUT2D eigenvalue weighted by molar-refractivity contribution is 0.576. The third-order valence-corrected chi connectivity index (χ3v) is 5.32. The molecule has 0 fully saturated rings. The van der Waals surface area contributed by atoms with E-state index in [1.807, 2.05) is 0 Å². The third-order valence-electron chi connectivity index (χ3n) is 2.41. The molecule has 7 nitrogen and oxygen atoms in total. The molecule has 0 amide bonds. The van der Waals surface area contributed by atoms with Crippen molar-refractivity contribution in [2.45, 2.75) is 18.7 Å². The van der Waals surface area contributed by atoms with Crippen LogP contribution in [0, 0.1) is 6.92 Å². The molecule has 0 unspecified atom stereocenters. The molecule has 114 valence electrons. The monoisotopic (exact) mass is 321 g/mol. The summed E-state index contributed by atoms with van der Waals surface area (Å²) >= 11 is 0. The van der Waals surface area contributed by atoms with Crippen molar-refractivity contribution in [2.75, 3.05) is 24.6 Å². The molecule has 0 aliphatic carbocycles. The summed E-state index contributed by atoms with van der Waals surface area (Å²) in [5.41, 5.74) is 6.65. The van der Waals surface area contributed by atoms with Gasteiger partial charge in [-0.3, -0.25) is 0 Å². The molecule has 4 N–H and O–H groups in total. The number of hydrogen-bond donors (Lipinski definition) is 3. The Morgan fingerprint density at radius 3 is 2.30 bits per heavy atom. The Kier molecular flexibility index (Phi) is 5.51. The first-order valence-corrected chi connectivity index (χ1v) is 9.14. The Labute approximate surface area is 119 Å². The van der Waals surface area contributed by atoms with Crippen LogP contribution in [0.3, 0.4) is 0 Å². The maximum absolute atomic E-state index is 12.0. The van der Waals surface area contributed by atoms with Crippen LogP contribution in [0.25, 0.3) is 0 Å². The van der Waals surface area contributed by atoms with Crippen molar-refractivity contribution in [2.24, 2.45) is 0 Å². The van der Waals surface area contributed by atoms with Crippen LogP contribution in [0.2, 0.25) is 0 Å². The Balaban J connectivity index is 2.76. The van der Waals surface area contributed by atoms with Crippen LogP contribution in [-0.2, 0) is 20.0 Å². The highest BCUT2D eigenvalue weighted by molar-refractivity contribution is 7.90. The lowest BCUT2D eigenvalue weighted by Crippen LogP contribution is -2.34. The van der Waals surface area contributed by atoms with E-state index in [2.05, 4.69) is 9.44 Å². The molecule has 1 rings (SSSR count). The van der Waals surface area contributed by atoms with Gasteiger partial charge >= 0.3 is 0 Å². The molecule has 1 aromatic carbocycles. The van der Waals surface area contributed by atoms with Crippen LogP contribution in [0.4, 0.5) is 5.69 Å². The molecular formula is C11H19N3O4S2. The molecule has 0 atom stereocenters. The molecule has 20 heavy (non-hydrogen) atoms. The van der Waals surface area contributed by atoms with Gasteiger partial charge in [0.25, 0.3) is 0 Å². The Bertz CT molecular complexity index is 649. The summed E-state index contributed by atoms with van der Waals surface area (Å²) in [6.07, 6.45) is 0. The SMILES string of the molecule is CCNS(=O)(=O)CCNS(=O)(=O)c1cc(C)cc(N)c1. The summed E-state index contributed by atoms with van der Waals surface area (Å²) < 4.78 is 51.3. The van der Waals surface area contributed by atoms with E-state index in [4.69, 9.17) is 5.73 Å². The standard InChI is InChI=1S/C11H19N3O4S2/c1-3-13-19(15,16)5-4-14-20(17,18)11-7-9(2)6-10(12)8-11/h6-8,13-14H,3-5,12H2,1-2H3. The molecule has 0 spiro atoms. The van der Waals surface area contributed by atoms with E-state index >= 15 is 0 Å². The zero-order valence-electron chi connectivity index (χ0n) is 11.4. The van der Waals surface area contributed by atoms with Crippen LogP contribution < -0.4 is 15.2 Å². The molecule has 0 aliphatic heterocycles. The second kappa shape index (κ2) is 6.53. The molecule has 0 saturated carbocycles. The fraction of sp³-hybridized carbons (Fsp3) is 0.455. The number of rotatable bonds is 7. The third kappa shape index (κ3) is 5.08. The van der Waals surface area contributed by atoms with Gasteiger partial charge in [0, 0.05) is 18.8 Å². The Morgan fingerprint density at radius 1 is 1.10 bits per heavy atom. The molecule has 0 radical (unpaired) electrons. The number of sulfonamides is 2. The van der Waals surface area contributed by atoms with E-state index in [9.17, 15) is 16.8 Å². The summed E-state index contributed by atoms with van der Waals surface area (Å²) in [5.74, 6) is -0.318. The highest BCUT2D eigenvalue weighted by atomic mass is 32.2. The van der Waals surface area contributed by atoms with Crippen molar-refractivity contribution >= 4 is 25.7 Å². The number of nitrogen functional groups attached to an aromatic ring is 1. The number of nitrogens with one attached hydrogen (secondary N) is 2. The topological polar surface area (TPSA) is 118 Å². The van der Waals surface area contributed by atoms with E-state index in [1.165, 1.54) is 12.1 Å². The number of anilines is 1. The summed E-state index contributed by atoms with van der Waals surface area (Å²) in [7, 11) is -7.22. The molecule has 0 saturated heterocycles. The first kappa shape index (κ1) is 16.9. The Morgan fingerprint density at radius 2 is 1.75 bits per heavy atom. The van der Waals surface area contributed by atoms with Crippen molar-refractivity contribution in [3.8, 4) is 0 Å². The number of hydrogen-bond acceptors (Lipinski definition) is 5. The predicted molar refractivity (Wildman–Crippen MR) is 78.2 cm³/mol. The van der Waals surface area contributed by atoms with E-state index in [0.29, 0.717) is 11.3 Å². The van der Waals surface area contributed by atoms with E-state index in [-0.39, 0.29) is 23.7 Å². The second-order valence-electron chi connectivity index (χ2n) is 4.29. The minimum absolute atomic E-state index is 0.0239. The van der Waals surface area contributed by atoms with Gasteiger partial charge in [-0.15, -0.1) is 0 Å². The van der Waals surface area contributed by atoms with Crippen LogP contribution in [0.5, 0.6) is 0 Å². The minimum atomic E-state index is -3.76. The van der Waals surface area contributed by atoms with Crippen molar-refractivity contribution in [1.82, 2.24) is 9.44 Å². The van der Waals surface area contributed by atoms with Gasteiger partial charge in [0.1, 0.15) is 0 Å². The fourth-order valence-corrected chi connectivity index (χ4v) is 3.87. The zero-order valence-corrected chi connectivity index (χ0v) is 13.0. The zero-order chi connectivity index (χ0) is 15.4. The molecule has 0 aromatic heterocycles. The number of nitrogens with two attached hydrogens (primary N) is 1. The Hall–Kier alpha value is -1.16. The average Bonchev–Trinajstić information content (AvgIpc) is 2.26. The van der Waals surface area contributed by atoms with Crippen molar-refractivity contribution in [3.05, 3.63) is 23.8 Å². The van der Waals surface area contributed by atoms with Gasteiger partial charge in [0.05, 0.1) is 10.6 Å². The largest absolute Gasteiger partial charge is 0.399 e. The summed E-state index contributed by atoms with van der Waals surface area (Å²) in [6, 6.07) is 4.44. The molecule has 0 bridgehead atoms. The first-order valence-electron chi connectivity index (χ1n) is 6.00. The highest BCUT2D eigenvalue weighted by Gasteiger charge is 2.16. The molecule has 9 heteroatoms. The second-order valence-corrected chi connectivity index (χ2v) is 7.99. The van der Waals surface area contributed by atoms with Gasteiger partial charge in [-0.1, -0.05) is 6.92 Å². The van der Waals surface area contributed by atoms with Crippen LogP contribution in [0.15, 0.2) is 23.1 Å². The smallest absolute Gasteiger partial charge is 0.240 e. The van der Waals surface area contributed by atoms with Gasteiger partial charge in [0.15, 0.2) is 0 Å². The van der Waals surface area contributed by atoms with Gasteiger partial charge in [0.2, 0.25) is 20.0 Å². The molecule has 0 heterocycles. The molecule has 1 aromatic rings. The fourth-order valence-electron chi connectivity index (χ4n) is 1.62. The van der Waals surface area contributed by atoms with Crippen molar-refractivity contribution in [1.29, 1.82) is 0 Å². The maximum atomic E-state index is 12.0. The summed E-state index contributed by atoms with van der Waals surface area (Å²) in [5, 5.41) is 0. The van der Waals surface area contributed by atoms with Gasteiger partial charge < -0.3 is 5.73 Å². The van der Waals surface area contributed by atoms with Gasteiger partial charge in [-0.2, -0.15) is 0 Å². The molecule has 0 aliphatic rings. The summed E-state index contributed by atoms with van der Waals surface area (Å²) in [6.45, 7) is 3.44. The van der Waals surface area contributed by atoms with Crippen LogP contribution >= 0.6 is 0 Å². The number of benzene rings is 1. The molecular weight excluding hydrogens is 302 g/mol. The normalized spacial score (nSPS) is 12.5. The van der Waals surface area contributed by atoms with Crippen LogP contribution in [0.1, 0.15) is 12.5 Å². The lowest BCUT2D eigenvalue weighted by Gasteiger charge is -2.09. The van der Waals surface area contributed by atoms with E-state index in [1.54, 1.807) is 19.9 Å². The van der Waals surface area contributed by atoms with E-state index < -0.39 is 20.0 Å². The quantitative estimate of drug-likeness (QED) is 0.601. The van der Waals surface area contributed by atoms with Crippen molar-refractivity contribution in [3.63, 3.8) is 0 Å². The van der Waals surface area contributed by atoms with Gasteiger partial charge in [-0.25, -0.2) is 26.3 Å². The first-order chi connectivity index (χ1) is 9.16. The lowest BCUT2D eigenvalue weighted by atomic mass is 10.2. The van der Waals surface area contributed by atoms with Gasteiger partial charge in [-0.05, 0) is 30.7 Å². The summed E-state index contributed by atoms with van der Waals surface area (Å²) in [4.78, 5) is 0.0239.